The van der Waals surface area contributed by atoms with E-state index in [0.29, 0.717) is 10.8 Å². The van der Waals surface area contributed by atoms with Crippen LogP contribution in [0, 0.1) is 6.92 Å². The Morgan fingerprint density at radius 3 is 2.75 bits per heavy atom. The van der Waals surface area contributed by atoms with Crippen molar-refractivity contribution in [2.45, 2.75) is 19.4 Å². The van der Waals surface area contributed by atoms with E-state index in [1.165, 1.54) is 0 Å². The van der Waals surface area contributed by atoms with Gasteiger partial charge in [-0.1, -0.05) is 11.6 Å². The predicted molar refractivity (Wildman–Crippen MR) is 68.2 cm³/mol. The lowest BCUT2D eigenvalue weighted by molar-refractivity contribution is 0.414. The molecule has 1 unspecified atom stereocenters. The smallest absolute Gasteiger partial charge is 0.137 e. The molecule has 0 spiro atoms. The maximum Gasteiger partial charge on any atom is 0.137 e. The molecule has 0 aliphatic rings. The van der Waals surface area contributed by atoms with Crippen LogP contribution in [-0.2, 0) is 0 Å². The number of nitrogens with two attached hydrogens (primary N) is 1. The number of rotatable bonds is 5. The van der Waals surface area contributed by atoms with Crippen LogP contribution in [0.3, 0.4) is 0 Å². The van der Waals surface area contributed by atoms with Crippen LogP contribution in [0.25, 0.3) is 0 Å². The van der Waals surface area contributed by atoms with E-state index in [1.54, 1.807) is 7.11 Å². The Hall–Kier alpha value is -0.770. The van der Waals surface area contributed by atoms with E-state index in [-0.39, 0.29) is 6.04 Å². The molecule has 3 N–H and O–H groups in total. The van der Waals surface area contributed by atoms with Crippen LogP contribution in [0.1, 0.15) is 23.6 Å². The first-order valence-electron chi connectivity index (χ1n) is 5.34. The molecule has 1 atom stereocenters. The van der Waals surface area contributed by atoms with Crippen molar-refractivity contribution in [2.75, 3.05) is 20.7 Å². The predicted octanol–water partition coefficient (Wildman–Crippen LogP) is 2.27. The Morgan fingerprint density at radius 1 is 1.50 bits per heavy atom. The molecular weight excluding hydrogens is 224 g/mol. The molecule has 1 aromatic carbocycles. The zero-order chi connectivity index (χ0) is 12.1. The van der Waals surface area contributed by atoms with E-state index < -0.39 is 0 Å². The van der Waals surface area contributed by atoms with Gasteiger partial charge < -0.3 is 15.8 Å². The monoisotopic (exact) mass is 242 g/mol. The quantitative estimate of drug-likeness (QED) is 0.833. The second-order valence-electron chi connectivity index (χ2n) is 3.84. The lowest BCUT2D eigenvalue weighted by Crippen LogP contribution is -2.18. The summed E-state index contributed by atoms with van der Waals surface area (Å²) in [6.45, 7) is 2.91. The van der Waals surface area contributed by atoms with Crippen LogP contribution in [0.4, 0.5) is 0 Å². The molecule has 90 valence electrons. The SMILES string of the molecule is CNCCC(N)c1cc(Cl)c(OC)cc1C. The van der Waals surface area contributed by atoms with Gasteiger partial charge in [0.15, 0.2) is 0 Å². The Labute approximate surface area is 102 Å². The van der Waals surface area contributed by atoms with Crippen LogP contribution in [-0.4, -0.2) is 20.7 Å². The largest absolute Gasteiger partial charge is 0.495 e. The molecule has 0 heterocycles. The van der Waals surface area contributed by atoms with Gasteiger partial charge in [0.05, 0.1) is 12.1 Å². The summed E-state index contributed by atoms with van der Waals surface area (Å²) in [6.07, 6.45) is 0.889. The van der Waals surface area contributed by atoms with Crippen LogP contribution >= 0.6 is 11.6 Å². The topological polar surface area (TPSA) is 47.3 Å². The van der Waals surface area contributed by atoms with E-state index >= 15 is 0 Å². The minimum atomic E-state index is 0.0101. The summed E-state index contributed by atoms with van der Waals surface area (Å²) in [5, 5.41) is 3.70. The van der Waals surface area contributed by atoms with E-state index in [1.807, 2.05) is 26.1 Å². The van der Waals surface area contributed by atoms with Gasteiger partial charge in [0.1, 0.15) is 5.75 Å². The third-order valence-electron chi connectivity index (χ3n) is 2.65. The zero-order valence-corrected chi connectivity index (χ0v) is 10.8. The second kappa shape index (κ2) is 6.09. The van der Waals surface area contributed by atoms with Crippen LogP contribution in [0.15, 0.2) is 12.1 Å². The molecule has 3 nitrogen and oxygen atoms in total. The van der Waals surface area contributed by atoms with Gasteiger partial charge in [-0.15, -0.1) is 0 Å². The van der Waals surface area contributed by atoms with E-state index in [2.05, 4.69) is 5.32 Å². The highest BCUT2D eigenvalue weighted by Crippen LogP contribution is 2.30. The molecular formula is C12H19ClN2O. The standard InChI is InChI=1S/C12H19ClN2O/c1-8-6-12(16-3)10(13)7-9(8)11(14)4-5-15-2/h6-7,11,15H,4-5,14H2,1-3H3. The molecule has 0 fully saturated rings. The van der Waals surface area contributed by atoms with Crippen molar-refractivity contribution in [3.8, 4) is 5.75 Å². The number of ether oxygens (including phenoxy) is 1. The summed E-state index contributed by atoms with van der Waals surface area (Å²) < 4.78 is 5.16. The normalized spacial score (nSPS) is 12.6. The number of aryl methyl sites for hydroxylation is 1. The Bertz CT molecular complexity index is 355. The average Bonchev–Trinajstić information content (AvgIpc) is 2.28. The first-order valence-corrected chi connectivity index (χ1v) is 5.72. The summed E-state index contributed by atoms with van der Waals surface area (Å²) >= 11 is 6.08. The lowest BCUT2D eigenvalue weighted by Gasteiger charge is -2.16. The van der Waals surface area contributed by atoms with Crippen molar-refractivity contribution >= 4 is 11.6 Å². The van der Waals surface area contributed by atoms with E-state index in [4.69, 9.17) is 22.1 Å². The fourth-order valence-electron chi connectivity index (χ4n) is 1.68. The first-order chi connectivity index (χ1) is 7.60. The van der Waals surface area contributed by atoms with Gasteiger partial charge in [0.2, 0.25) is 0 Å². The second-order valence-corrected chi connectivity index (χ2v) is 4.25. The molecule has 0 amide bonds. The van der Waals surface area contributed by atoms with Gasteiger partial charge in [-0.25, -0.2) is 0 Å². The van der Waals surface area contributed by atoms with E-state index in [9.17, 15) is 0 Å². The van der Waals surface area contributed by atoms with Crippen LogP contribution in [0.5, 0.6) is 5.75 Å². The molecule has 16 heavy (non-hydrogen) atoms. The maximum absolute atomic E-state index is 6.10. The molecule has 0 aliphatic heterocycles. The molecule has 1 aromatic rings. The minimum Gasteiger partial charge on any atom is -0.495 e. The first kappa shape index (κ1) is 13.3. The van der Waals surface area contributed by atoms with E-state index in [0.717, 1.165) is 24.1 Å². The fourth-order valence-corrected chi connectivity index (χ4v) is 1.93. The molecule has 0 aliphatic carbocycles. The molecule has 0 radical (unpaired) electrons. The number of benzene rings is 1. The summed E-state index contributed by atoms with van der Waals surface area (Å²) in [5.41, 5.74) is 8.30. The van der Waals surface area contributed by atoms with Crippen LogP contribution < -0.4 is 15.8 Å². The zero-order valence-electron chi connectivity index (χ0n) is 10.0. The van der Waals surface area contributed by atoms with Crippen molar-refractivity contribution in [3.63, 3.8) is 0 Å². The molecule has 0 saturated heterocycles. The van der Waals surface area contributed by atoms with Crippen molar-refractivity contribution in [3.05, 3.63) is 28.3 Å². The van der Waals surface area contributed by atoms with Gasteiger partial charge in [-0.2, -0.15) is 0 Å². The van der Waals surface area contributed by atoms with Crippen molar-refractivity contribution in [1.29, 1.82) is 0 Å². The van der Waals surface area contributed by atoms with Gasteiger partial charge >= 0.3 is 0 Å². The lowest BCUT2D eigenvalue weighted by atomic mass is 9.99. The summed E-state index contributed by atoms with van der Waals surface area (Å²) in [7, 11) is 3.53. The third-order valence-corrected chi connectivity index (χ3v) is 2.94. The average molecular weight is 243 g/mol. The minimum absolute atomic E-state index is 0.0101. The van der Waals surface area contributed by atoms with Gasteiger partial charge in [-0.3, -0.25) is 0 Å². The van der Waals surface area contributed by atoms with Crippen molar-refractivity contribution in [1.82, 2.24) is 5.32 Å². The van der Waals surface area contributed by atoms with Gasteiger partial charge in [-0.05, 0) is 50.2 Å². The van der Waals surface area contributed by atoms with Crippen molar-refractivity contribution < 1.29 is 4.74 Å². The van der Waals surface area contributed by atoms with Crippen molar-refractivity contribution in [2.24, 2.45) is 5.73 Å². The number of hydrogen-bond acceptors (Lipinski definition) is 3. The number of methoxy groups -OCH3 is 1. The maximum atomic E-state index is 6.10. The molecule has 0 bridgehead atoms. The summed E-state index contributed by atoms with van der Waals surface area (Å²) in [6, 6.07) is 3.84. The number of halogens is 1. The molecule has 0 aromatic heterocycles. The highest BCUT2D eigenvalue weighted by atomic mass is 35.5. The highest BCUT2D eigenvalue weighted by molar-refractivity contribution is 6.32. The Kier molecular flexibility index (Phi) is 5.06. The van der Waals surface area contributed by atoms with Gasteiger partial charge in [0, 0.05) is 6.04 Å². The highest BCUT2D eigenvalue weighted by Gasteiger charge is 2.12. The molecule has 1 rings (SSSR count). The molecule has 0 saturated carbocycles. The Balaban J connectivity index is 2.92. The fraction of sp³-hybridized carbons (Fsp3) is 0.500. The summed E-state index contributed by atoms with van der Waals surface area (Å²) in [4.78, 5) is 0. The van der Waals surface area contributed by atoms with Crippen LogP contribution in [0.2, 0.25) is 5.02 Å². The van der Waals surface area contributed by atoms with Gasteiger partial charge in [0.25, 0.3) is 0 Å². The summed E-state index contributed by atoms with van der Waals surface area (Å²) in [5.74, 6) is 0.698. The number of hydrogen-bond donors (Lipinski definition) is 2. The number of nitrogens with one attached hydrogen (secondary N) is 1. The third kappa shape index (κ3) is 3.11. The molecule has 4 heteroatoms. The Morgan fingerprint density at radius 2 is 2.19 bits per heavy atom.